The molecule has 1 amide bonds. The molecule has 2 aromatic carbocycles. The molecule has 1 heterocycles. The Hall–Kier alpha value is -3.06. The Morgan fingerprint density at radius 3 is 2.63 bits per heavy atom. The van der Waals surface area contributed by atoms with E-state index in [9.17, 15) is 4.79 Å². The van der Waals surface area contributed by atoms with Crippen LogP contribution >= 0.6 is 0 Å². The van der Waals surface area contributed by atoms with E-state index in [-0.39, 0.29) is 11.9 Å². The van der Waals surface area contributed by atoms with Crippen molar-refractivity contribution in [2.24, 2.45) is 0 Å². The molecule has 1 N–H and O–H groups in total. The highest BCUT2D eigenvalue weighted by Crippen LogP contribution is 2.24. The number of benzene rings is 2. The summed E-state index contributed by atoms with van der Waals surface area (Å²) in [5, 5.41) is 14.3. The molecule has 3 aromatic rings. The van der Waals surface area contributed by atoms with Crippen molar-refractivity contribution in [3.8, 4) is 16.8 Å². The Kier molecular flexibility index (Phi) is 5.93. The lowest BCUT2D eigenvalue weighted by molar-refractivity contribution is 0.0872. The van der Waals surface area contributed by atoms with Crippen molar-refractivity contribution in [3.63, 3.8) is 0 Å². The zero-order chi connectivity index (χ0) is 19.2. The lowest BCUT2D eigenvalue weighted by Crippen LogP contribution is -2.36. The normalized spacial score (nSPS) is 12.0. The van der Waals surface area contributed by atoms with Crippen LogP contribution in [-0.4, -0.2) is 45.4 Å². The van der Waals surface area contributed by atoms with Gasteiger partial charge >= 0.3 is 0 Å². The van der Waals surface area contributed by atoms with Crippen LogP contribution in [0, 0.1) is 6.92 Å². The molecule has 0 bridgehead atoms. The molecule has 1 aromatic heterocycles. The van der Waals surface area contributed by atoms with Gasteiger partial charge in [0.05, 0.1) is 12.3 Å². The van der Waals surface area contributed by atoms with Gasteiger partial charge in [0.25, 0.3) is 5.91 Å². The second kappa shape index (κ2) is 8.55. The smallest absolute Gasteiger partial charge is 0.251 e. The summed E-state index contributed by atoms with van der Waals surface area (Å²) in [5.41, 5.74) is 4.39. The molecule has 0 unspecified atom stereocenters. The van der Waals surface area contributed by atoms with Crippen LogP contribution in [-0.2, 0) is 4.74 Å². The molecular formula is C20H23N5O2. The molecule has 7 heteroatoms. The van der Waals surface area contributed by atoms with Crippen LogP contribution in [0.4, 0.5) is 0 Å². The lowest BCUT2D eigenvalue weighted by Gasteiger charge is -2.15. The van der Waals surface area contributed by atoms with E-state index in [1.807, 2.05) is 57.2 Å². The fraction of sp³-hybridized carbons (Fsp3) is 0.300. The number of ether oxygens (including phenoxy) is 1. The van der Waals surface area contributed by atoms with E-state index >= 15 is 0 Å². The fourth-order valence-electron chi connectivity index (χ4n) is 2.71. The van der Waals surface area contributed by atoms with Crippen molar-refractivity contribution < 1.29 is 9.53 Å². The molecule has 0 aliphatic rings. The first-order chi connectivity index (χ1) is 13.1. The number of aryl methyl sites for hydroxylation is 1. The number of aromatic nitrogens is 4. The maximum absolute atomic E-state index is 12.8. The van der Waals surface area contributed by atoms with Crippen LogP contribution in [0.5, 0.6) is 0 Å². The maximum Gasteiger partial charge on any atom is 0.251 e. The maximum atomic E-state index is 12.8. The zero-order valence-electron chi connectivity index (χ0n) is 15.7. The predicted octanol–water partition coefficient (Wildman–Crippen LogP) is 2.79. The summed E-state index contributed by atoms with van der Waals surface area (Å²) in [6.07, 6.45) is 1.51. The van der Waals surface area contributed by atoms with Gasteiger partial charge in [-0.15, -0.1) is 5.10 Å². The Labute approximate surface area is 158 Å². The predicted molar refractivity (Wildman–Crippen MR) is 103 cm³/mol. The van der Waals surface area contributed by atoms with Gasteiger partial charge in [-0.3, -0.25) is 4.79 Å². The minimum atomic E-state index is -0.162. The van der Waals surface area contributed by atoms with E-state index in [0.29, 0.717) is 18.8 Å². The third-order valence-electron chi connectivity index (χ3n) is 4.13. The molecule has 27 heavy (non-hydrogen) atoms. The van der Waals surface area contributed by atoms with Gasteiger partial charge in [-0.2, -0.15) is 0 Å². The summed E-state index contributed by atoms with van der Waals surface area (Å²) < 4.78 is 6.91. The summed E-state index contributed by atoms with van der Waals surface area (Å²) in [6.45, 7) is 6.98. The number of rotatable bonds is 7. The number of tetrazole rings is 1. The van der Waals surface area contributed by atoms with Gasteiger partial charge in [-0.25, -0.2) is 4.68 Å². The molecule has 0 aliphatic carbocycles. The van der Waals surface area contributed by atoms with Gasteiger partial charge in [0.2, 0.25) is 0 Å². The molecular weight excluding hydrogens is 342 g/mol. The van der Waals surface area contributed by atoms with Crippen molar-refractivity contribution in [3.05, 3.63) is 59.9 Å². The number of nitrogens with one attached hydrogen (secondary N) is 1. The Morgan fingerprint density at radius 1 is 1.19 bits per heavy atom. The molecule has 0 fully saturated rings. The molecule has 3 rings (SSSR count). The quantitative estimate of drug-likeness (QED) is 0.696. The first-order valence-corrected chi connectivity index (χ1v) is 8.91. The number of carbonyl (C=O) groups is 1. The molecule has 140 valence electrons. The van der Waals surface area contributed by atoms with Crippen LogP contribution in [0.25, 0.3) is 16.8 Å². The van der Waals surface area contributed by atoms with Gasteiger partial charge in [-0.05, 0) is 60.5 Å². The summed E-state index contributed by atoms with van der Waals surface area (Å²) in [7, 11) is 0. The number of carbonyl (C=O) groups excluding carboxylic acids is 1. The molecule has 0 saturated heterocycles. The van der Waals surface area contributed by atoms with Crippen molar-refractivity contribution >= 4 is 5.91 Å². The van der Waals surface area contributed by atoms with E-state index in [2.05, 4.69) is 20.8 Å². The largest absolute Gasteiger partial charge is 0.380 e. The third-order valence-corrected chi connectivity index (χ3v) is 4.13. The number of amides is 1. The molecule has 1 atom stereocenters. The second-order valence-electron chi connectivity index (χ2n) is 6.42. The minimum Gasteiger partial charge on any atom is -0.380 e. The average Bonchev–Trinajstić information content (AvgIpc) is 3.21. The molecule has 0 aliphatic heterocycles. The van der Waals surface area contributed by atoms with E-state index in [0.717, 1.165) is 16.8 Å². The van der Waals surface area contributed by atoms with Crippen molar-refractivity contribution in [2.45, 2.75) is 26.8 Å². The minimum absolute atomic E-state index is 0.0861. The molecule has 7 nitrogen and oxygen atoms in total. The van der Waals surface area contributed by atoms with Gasteiger partial charge in [0.1, 0.15) is 6.33 Å². The van der Waals surface area contributed by atoms with Gasteiger partial charge in [0, 0.05) is 18.2 Å². The Morgan fingerprint density at radius 2 is 1.96 bits per heavy atom. The van der Waals surface area contributed by atoms with Crippen LogP contribution in [0.15, 0.2) is 48.8 Å². The average molecular weight is 365 g/mol. The van der Waals surface area contributed by atoms with Crippen LogP contribution in [0.3, 0.4) is 0 Å². The van der Waals surface area contributed by atoms with Crippen molar-refractivity contribution in [2.75, 3.05) is 13.2 Å². The topological polar surface area (TPSA) is 81.9 Å². The highest BCUT2D eigenvalue weighted by Gasteiger charge is 2.14. The fourth-order valence-corrected chi connectivity index (χ4v) is 2.71. The van der Waals surface area contributed by atoms with Crippen molar-refractivity contribution in [1.29, 1.82) is 0 Å². The van der Waals surface area contributed by atoms with Crippen LogP contribution in [0.2, 0.25) is 0 Å². The standard InChI is InChI=1S/C20H23N5O2/c1-4-27-12-15(3)22-20(26)18-9-17(16-7-5-14(2)6-8-16)10-19(11-18)25-13-21-23-24-25/h5-11,13,15H,4,12H2,1-3H3,(H,22,26)/t15-/m1/s1. The molecule has 0 saturated carbocycles. The third kappa shape index (κ3) is 4.77. The SMILES string of the molecule is CCOC[C@@H](C)NC(=O)c1cc(-c2ccc(C)cc2)cc(-n2cnnn2)c1. The second-order valence-corrected chi connectivity index (χ2v) is 6.42. The van der Waals surface area contributed by atoms with Gasteiger partial charge in [-0.1, -0.05) is 29.8 Å². The highest BCUT2D eigenvalue weighted by atomic mass is 16.5. The summed E-state index contributed by atoms with van der Waals surface area (Å²) in [5.74, 6) is -0.162. The Balaban J connectivity index is 1.95. The molecule has 0 spiro atoms. The first kappa shape index (κ1) is 18.7. The molecule has 0 radical (unpaired) electrons. The Bertz CT molecular complexity index is 891. The van der Waals surface area contributed by atoms with Crippen LogP contribution < -0.4 is 5.32 Å². The number of hydrogen-bond acceptors (Lipinski definition) is 5. The summed E-state index contributed by atoms with van der Waals surface area (Å²) >= 11 is 0. The van der Waals surface area contributed by atoms with E-state index < -0.39 is 0 Å². The van der Waals surface area contributed by atoms with Gasteiger partial charge < -0.3 is 10.1 Å². The monoisotopic (exact) mass is 365 g/mol. The summed E-state index contributed by atoms with van der Waals surface area (Å²) in [4.78, 5) is 12.8. The zero-order valence-corrected chi connectivity index (χ0v) is 15.7. The van der Waals surface area contributed by atoms with E-state index in [4.69, 9.17) is 4.74 Å². The van der Waals surface area contributed by atoms with Crippen molar-refractivity contribution in [1.82, 2.24) is 25.5 Å². The number of hydrogen-bond donors (Lipinski definition) is 1. The first-order valence-electron chi connectivity index (χ1n) is 8.91. The van der Waals surface area contributed by atoms with Crippen LogP contribution in [0.1, 0.15) is 29.8 Å². The van der Waals surface area contributed by atoms with E-state index in [1.165, 1.54) is 16.6 Å². The number of nitrogens with zero attached hydrogens (tertiary/aromatic N) is 4. The highest BCUT2D eigenvalue weighted by molar-refractivity contribution is 5.96. The lowest BCUT2D eigenvalue weighted by atomic mass is 10.0. The van der Waals surface area contributed by atoms with Gasteiger partial charge in [0.15, 0.2) is 0 Å². The summed E-state index contributed by atoms with van der Waals surface area (Å²) in [6, 6.07) is 13.7. The van der Waals surface area contributed by atoms with E-state index in [1.54, 1.807) is 6.07 Å².